The molecule has 2 aromatic carbocycles. The van der Waals surface area contributed by atoms with Crippen LogP contribution in [0, 0.1) is 5.82 Å². The molecule has 0 radical (unpaired) electrons. The summed E-state index contributed by atoms with van der Waals surface area (Å²) >= 11 is 5.72. The molecule has 0 aliphatic heterocycles. The minimum atomic E-state index is -0.595. The Morgan fingerprint density at radius 3 is 2.62 bits per heavy atom. The summed E-state index contributed by atoms with van der Waals surface area (Å²) in [5.41, 5.74) is 1.11. The average molecular weight is 455 g/mol. The molecule has 4 aromatic rings. The highest BCUT2D eigenvalue weighted by molar-refractivity contribution is 6.31. The number of hydrogen-bond donors (Lipinski definition) is 1. The van der Waals surface area contributed by atoms with E-state index in [1.807, 2.05) is 0 Å². The molecule has 0 unspecified atom stereocenters. The summed E-state index contributed by atoms with van der Waals surface area (Å²) in [6.07, 6.45) is 1.45. The van der Waals surface area contributed by atoms with Crippen molar-refractivity contribution in [2.75, 3.05) is 12.4 Å². The van der Waals surface area contributed by atoms with Gasteiger partial charge < -0.3 is 19.1 Å². The van der Waals surface area contributed by atoms with Crippen molar-refractivity contribution in [3.05, 3.63) is 82.0 Å². The Morgan fingerprint density at radius 2 is 1.91 bits per heavy atom. The molecule has 10 heteroatoms. The van der Waals surface area contributed by atoms with Crippen molar-refractivity contribution in [2.45, 2.75) is 6.54 Å². The molecule has 2 heterocycles. The minimum absolute atomic E-state index is 0.119. The van der Waals surface area contributed by atoms with Gasteiger partial charge in [-0.3, -0.25) is 9.59 Å². The monoisotopic (exact) mass is 454 g/mol. The largest absolute Gasteiger partial charge is 0.497 e. The Kier molecular flexibility index (Phi) is 6.00. The van der Waals surface area contributed by atoms with Gasteiger partial charge in [0.2, 0.25) is 11.7 Å². The first kappa shape index (κ1) is 21.3. The second-order valence-electron chi connectivity index (χ2n) is 6.71. The molecule has 1 N–H and O–H groups in total. The summed E-state index contributed by atoms with van der Waals surface area (Å²) < 4.78 is 24.9. The predicted octanol–water partition coefficient (Wildman–Crippen LogP) is 4.01. The molecular weight excluding hydrogens is 439 g/mol. The van der Waals surface area contributed by atoms with Crippen molar-refractivity contribution in [1.82, 2.24) is 14.7 Å². The standard InChI is InChI=1S/C22H16ClFN4O4/c1-31-16-6-2-13(3-7-16)21-26-22(32-27-21)14-4-9-20(30)28(11-14)12-19(29)25-15-5-8-18(24)17(23)10-15/h2-11H,12H2,1H3,(H,25,29). The second-order valence-corrected chi connectivity index (χ2v) is 7.12. The van der Waals surface area contributed by atoms with E-state index < -0.39 is 17.3 Å². The van der Waals surface area contributed by atoms with Gasteiger partial charge in [-0.2, -0.15) is 4.98 Å². The SMILES string of the molecule is COc1ccc(-c2noc(-c3ccc(=O)n(CC(=O)Nc4ccc(F)c(Cl)c4)c3)n2)cc1. The molecule has 0 fully saturated rings. The maximum Gasteiger partial charge on any atom is 0.259 e. The number of rotatable bonds is 6. The van der Waals surface area contributed by atoms with Crippen LogP contribution in [0.15, 0.2) is 70.1 Å². The van der Waals surface area contributed by atoms with Crippen molar-refractivity contribution in [3.8, 4) is 28.6 Å². The predicted molar refractivity (Wildman–Crippen MR) is 116 cm³/mol. The summed E-state index contributed by atoms with van der Waals surface area (Å²) in [7, 11) is 1.57. The van der Waals surface area contributed by atoms with Gasteiger partial charge in [0.25, 0.3) is 11.4 Å². The fourth-order valence-electron chi connectivity index (χ4n) is 2.91. The number of anilines is 1. The number of hydrogen-bond acceptors (Lipinski definition) is 6. The lowest BCUT2D eigenvalue weighted by molar-refractivity contribution is -0.116. The number of carbonyl (C=O) groups excluding carboxylic acids is 1. The number of pyridine rings is 1. The molecule has 1 amide bonds. The molecule has 0 aliphatic rings. The van der Waals surface area contributed by atoms with Crippen LogP contribution in [-0.2, 0) is 11.3 Å². The molecule has 0 saturated heterocycles. The molecule has 32 heavy (non-hydrogen) atoms. The maximum absolute atomic E-state index is 13.3. The van der Waals surface area contributed by atoms with Gasteiger partial charge in [-0.15, -0.1) is 0 Å². The third-order valence-corrected chi connectivity index (χ3v) is 4.81. The van der Waals surface area contributed by atoms with Gasteiger partial charge in [0.05, 0.1) is 17.7 Å². The number of nitrogens with zero attached hydrogens (tertiary/aromatic N) is 3. The highest BCUT2D eigenvalue weighted by Gasteiger charge is 2.13. The lowest BCUT2D eigenvalue weighted by atomic mass is 10.2. The second kappa shape index (κ2) is 9.03. The van der Waals surface area contributed by atoms with Crippen LogP contribution in [0.5, 0.6) is 5.75 Å². The molecule has 8 nitrogen and oxygen atoms in total. The molecule has 4 rings (SSSR count). The fraction of sp³-hybridized carbons (Fsp3) is 0.0909. The van der Waals surface area contributed by atoms with Crippen molar-refractivity contribution >= 4 is 23.2 Å². The van der Waals surface area contributed by atoms with Crippen molar-refractivity contribution in [3.63, 3.8) is 0 Å². The number of aromatic nitrogens is 3. The highest BCUT2D eigenvalue weighted by Crippen LogP contribution is 2.23. The van der Waals surface area contributed by atoms with E-state index in [1.54, 1.807) is 31.4 Å². The van der Waals surface area contributed by atoms with Gasteiger partial charge in [0.15, 0.2) is 0 Å². The first-order valence-electron chi connectivity index (χ1n) is 9.37. The van der Waals surface area contributed by atoms with Crippen molar-refractivity contribution < 1.29 is 18.4 Å². The Balaban J connectivity index is 1.52. The smallest absolute Gasteiger partial charge is 0.259 e. The number of carbonyl (C=O) groups is 1. The Bertz CT molecular complexity index is 1330. The average Bonchev–Trinajstić information content (AvgIpc) is 3.28. The summed E-state index contributed by atoms with van der Waals surface area (Å²) in [5.74, 6) is 0.172. The van der Waals surface area contributed by atoms with Gasteiger partial charge in [0, 0.05) is 23.5 Å². The quantitative estimate of drug-likeness (QED) is 0.472. The molecule has 0 saturated carbocycles. The van der Waals surface area contributed by atoms with Gasteiger partial charge in [0.1, 0.15) is 18.1 Å². The summed E-state index contributed by atoms with van der Waals surface area (Å²) in [4.78, 5) is 28.9. The molecule has 0 spiro atoms. The fourth-order valence-corrected chi connectivity index (χ4v) is 3.09. The molecule has 0 atom stereocenters. The number of halogens is 2. The van der Waals surface area contributed by atoms with E-state index in [4.69, 9.17) is 20.9 Å². The van der Waals surface area contributed by atoms with Gasteiger partial charge in [-0.1, -0.05) is 16.8 Å². The lowest BCUT2D eigenvalue weighted by Gasteiger charge is -2.08. The molecule has 162 valence electrons. The van der Waals surface area contributed by atoms with E-state index >= 15 is 0 Å². The summed E-state index contributed by atoms with van der Waals surface area (Å²) in [6.45, 7) is -0.277. The third kappa shape index (κ3) is 4.68. The van der Waals surface area contributed by atoms with Crippen LogP contribution in [0.2, 0.25) is 5.02 Å². The van der Waals surface area contributed by atoms with E-state index in [1.165, 1.54) is 35.0 Å². The lowest BCUT2D eigenvalue weighted by Crippen LogP contribution is -2.26. The van der Waals surface area contributed by atoms with Gasteiger partial charge in [-0.25, -0.2) is 4.39 Å². The van der Waals surface area contributed by atoms with Crippen LogP contribution in [0.25, 0.3) is 22.8 Å². The maximum atomic E-state index is 13.3. The third-order valence-electron chi connectivity index (χ3n) is 4.52. The minimum Gasteiger partial charge on any atom is -0.497 e. The zero-order chi connectivity index (χ0) is 22.7. The van der Waals surface area contributed by atoms with Gasteiger partial charge >= 0.3 is 0 Å². The van der Waals surface area contributed by atoms with Crippen LogP contribution < -0.4 is 15.6 Å². The summed E-state index contributed by atoms with van der Waals surface area (Å²) in [6, 6.07) is 13.8. The summed E-state index contributed by atoms with van der Waals surface area (Å²) in [5, 5.41) is 6.41. The number of amides is 1. The Morgan fingerprint density at radius 1 is 1.16 bits per heavy atom. The van der Waals surface area contributed by atoms with E-state index in [0.717, 1.165) is 11.6 Å². The van der Waals surface area contributed by atoms with E-state index in [9.17, 15) is 14.0 Å². The first-order valence-corrected chi connectivity index (χ1v) is 9.74. The number of ether oxygens (including phenoxy) is 1. The number of benzene rings is 2. The Labute approximate surface area is 186 Å². The van der Waals surface area contributed by atoms with Crippen LogP contribution in [0.1, 0.15) is 0 Å². The van der Waals surface area contributed by atoms with Crippen LogP contribution in [-0.4, -0.2) is 27.7 Å². The van der Waals surface area contributed by atoms with Crippen LogP contribution in [0.4, 0.5) is 10.1 Å². The van der Waals surface area contributed by atoms with Gasteiger partial charge in [-0.05, 0) is 48.5 Å². The van der Waals surface area contributed by atoms with Crippen LogP contribution >= 0.6 is 11.6 Å². The molecule has 0 bridgehead atoms. The number of nitrogens with one attached hydrogen (secondary N) is 1. The van der Waals surface area contributed by atoms with Crippen LogP contribution in [0.3, 0.4) is 0 Å². The molecule has 0 aliphatic carbocycles. The molecular formula is C22H16ClFN4O4. The Hall–Kier alpha value is -3.98. The normalized spacial score (nSPS) is 10.7. The highest BCUT2D eigenvalue weighted by atomic mass is 35.5. The van der Waals surface area contributed by atoms with E-state index in [2.05, 4.69) is 15.5 Å². The first-order chi connectivity index (χ1) is 15.4. The van der Waals surface area contributed by atoms with E-state index in [-0.39, 0.29) is 17.5 Å². The van der Waals surface area contributed by atoms with Crippen molar-refractivity contribution in [2.24, 2.45) is 0 Å². The topological polar surface area (TPSA) is 99.3 Å². The molecule has 2 aromatic heterocycles. The zero-order valence-corrected chi connectivity index (χ0v) is 17.5. The zero-order valence-electron chi connectivity index (χ0n) is 16.7. The number of methoxy groups -OCH3 is 1. The van der Waals surface area contributed by atoms with Crippen molar-refractivity contribution in [1.29, 1.82) is 0 Å². The van der Waals surface area contributed by atoms with E-state index in [0.29, 0.717) is 22.8 Å².